The summed E-state index contributed by atoms with van der Waals surface area (Å²) in [6, 6.07) is 31.7. The third-order valence-electron chi connectivity index (χ3n) is 5.30. The summed E-state index contributed by atoms with van der Waals surface area (Å²) in [6.45, 7) is 4.84. The van der Waals surface area contributed by atoms with Gasteiger partial charge in [-0.05, 0) is 36.1 Å². The summed E-state index contributed by atoms with van der Waals surface area (Å²) in [5, 5.41) is 3.65. The van der Waals surface area contributed by atoms with Crippen LogP contribution in [0.4, 0.5) is 0 Å². The summed E-state index contributed by atoms with van der Waals surface area (Å²) in [7, 11) is 1.80. The highest BCUT2D eigenvalue weighted by Gasteiger charge is 2.33. The number of halogens is 1. The average Bonchev–Trinajstić information content (AvgIpc) is 2.78. The Kier molecular flexibility index (Phi) is 9.14. The standard InChI is InChI=1S/C26H29NO.ClH/c1-3-25(21-22-13-7-4-8-14-22)27-20-19-26(28-2,23-15-9-5-10-16-23)24-17-11-6-12-18-24;/h3-18,25,27H,1,19-21H2,2H3;1H. The van der Waals surface area contributed by atoms with Gasteiger partial charge in [0.05, 0.1) is 0 Å². The third kappa shape index (κ3) is 5.80. The molecule has 0 aromatic heterocycles. The Morgan fingerprint density at radius 2 is 1.34 bits per heavy atom. The highest BCUT2D eigenvalue weighted by atomic mass is 35.5. The SMILES string of the molecule is C=CC(Cc1ccccc1)NCCC(OC)(c1ccccc1)c1ccccc1.Cl. The van der Waals surface area contributed by atoms with Gasteiger partial charge in [-0.15, -0.1) is 19.0 Å². The largest absolute Gasteiger partial charge is 0.369 e. The number of nitrogens with one attached hydrogen (secondary N) is 1. The Morgan fingerprint density at radius 3 is 1.79 bits per heavy atom. The predicted octanol–water partition coefficient (Wildman–Crippen LogP) is 5.78. The van der Waals surface area contributed by atoms with Gasteiger partial charge in [-0.2, -0.15) is 0 Å². The van der Waals surface area contributed by atoms with E-state index < -0.39 is 5.60 Å². The van der Waals surface area contributed by atoms with Crippen LogP contribution < -0.4 is 5.32 Å². The average molecular weight is 408 g/mol. The fourth-order valence-corrected chi connectivity index (χ4v) is 3.75. The molecule has 1 atom stereocenters. The van der Waals surface area contributed by atoms with Crippen LogP contribution in [0.3, 0.4) is 0 Å². The maximum atomic E-state index is 6.18. The van der Waals surface area contributed by atoms with E-state index in [0.717, 1.165) is 19.4 Å². The van der Waals surface area contributed by atoms with E-state index in [1.165, 1.54) is 16.7 Å². The van der Waals surface area contributed by atoms with Crippen molar-refractivity contribution in [1.82, 2.24) is 5.32 Å². The smallest absolute Gasteiger partial charge is 0.119 e. The van der Waals surface area contributed by atoms with Gasteiger partial charge >= 0.3 is 0 Å². The van der Waals surface area contributed by atoms with Crippen molar-refractivity contribution in [2.24, 2.45) is 0 Å². The monoisotopic (exact) mass is 407 g/mol. The maximum absolute atomic E-state index is 6.18. The predicted molar refractivity (Wildman–Crippen MR) is 125 cm³/mol. The summed E-state index contributed by atoms with van der Waals surface area (Å²) in [6.07, 6.45) is 3.75. The molecule has 3 rings (SSSR count). The molecule has 3 heteroatoms. The van der Waals surface area contributed by atoms with Crippen molar-refractivity contribution in [3.63, 3.8) is 0 Å². The van der Waals surface area contributed by atoms with Crippen LogP contribution >= 0.6 is 12.4 Å². The molecule has 152 valence electrons. The molecule has 2 nitrogen and oxygen atoms in total. The van der Waals surface area contributed by atoms with Crippen LogP contribution in [-0.2, 0) is 16.8 Å². The zero-order valence-corrected chi connectivity index (χ0v) is 17.8. The molecule has 3 aromatic carbocycles. The fourth-order valence-electron chi connectivity index (χ4n) is 3.75. The molecule has 0 saturated carbocycles. The van der Waals surface area contributed by atoms with Gasteiger partial charge in [0.25, 0.3) is 0 Å². The molecular weight excluding hydrogens is 378 g/mol. The minimum absolute atomic E-state index is 0. The molecule has 0 fully saturated rings. The minimum Gasteiger partial charge on any atom is -0.369 e. The molecule has 0 saturated heterocycles. The molecule has 0 spiro atoms. The van der Waals surface area contributed by atoms with Crippen molar-refractivity contribution in [3.05, 3.63) is 120 Å². The second kappa shape index (κ2) is 11.6. The summed E-state index contributed by atoms with van der Waals surface area (Å²) in [4.78, 5) is 0. The second-order valence-electron chi connectivity index (χ2n) is 7.00. The van der Waals surface area contributed by atoms with Crippen molar-refractivity contribution in [2.75, 3.05) is 13.7 Å². The lowest BCUT2D eigenvalue weighted by atomic mass is 9.83. The van der Waals surface area contributed by atoms with E-state index in [2.05, 4.69) is 84.7 Å². The third-order valence-corrected chi connectivity index (χ3v) is 5.30. The number of rotatable bonds is 10. The van der Waals surface area contributed by atoms with Crippen LogP contribution in [0.15, 0.2) is 104 Å². The lowest BCUT2D eigenvalue weighted by molar-refractivity contribution is 0.0145. The van der Waals surface area contributed by atoms with Gasteiger partial charge < -0.3 is 10.1 Å². The van der Waals surface area contributed by atoms with Gasteiger partial charge in [0.2, 0.25) is 0 Å². The van der Waals surface area contributed by atoms with Gasteiger partial charge in [0.1, 0.15) is 5.60 Å². The molecule has 0 heterocycles. The summed E-state index contributed by atoms with van der Waals surface area (Å²) in [5.41, 5.74) is 3.17. The van der Waals surface area contributed by atoms with Crippen molar-refractivity contribution in [3.8, 4) is 0 Å². The Morgan fingerprint density at radius 1 is 0.862 bits per heavy atom. The zero-order chi connectivity index (χ0) is 19.7. The highest BCUT2D eigenvalue weighted by Crippen LogP contribution is 2.36. The minimum atomic E-state index is -0.478. The van der Waals surface area contributed by atoms with Crippen LogP contribution in [-0.4, -0.2) is 19.7 Å². The van der Waals surface area contributed by atoms with Gasteiger partial charge in [-0.25, -0.2) is 0 Å². The van der Waals surface area contributed by atoms with E-state index in [4.69, 9.17) is 4.74 Å². The van der Waals surface area contributed by atoms with Gasteiger partial charge in [-0.1, -0.05) is 97.1 Å². The van der Waals surface area contributed by atoms with E-state index in [9.17, 15) is 0 Å². The van der Waals surface area contributed by atoms with E-state index in [1.807, 2.05) is 24.3 Å². The Balaban J connectivity index is 0.00000300. The first kappa shape index (κ1) is 22.9. The number of hydrogen-bond donors (Lipinski definition) is 1. The molecular formula is C26H30ClNO. The summed E-state index contributed by atoms with van der Waals surface area (Å²) >= 11 is 0. The van der Waals surface area contributed by atoms with Crippen LogP contribution in [0.25, 0.3) is 0 Å². The molecule has 0 amide bonds. The van der Waals surface area contributed by atoms with Crippen molar-refractivity contribution >= 4 is 12.4 Å². The molecule has 0 bridgehead atoms. The normalized spacial score (nSPS) is 12.0. The first-order valence-corrected chi connectivity index (χ1v) is 9.84. The highest BCUT2D eigenvalue weighted by molar-refractivity contribution is 5.85. The number of methoxy groups -OCH3 is 1. The molecule has 0 aliphatic heterocycles. The van der Waals surface area contributed by atoms with Gasteiger partial charge in [0.15, 0.2) is 0 Å². The molecule has 29 heavy (non-hydrogen) atoms. The molecule has 1 N–H and O–H groups in total. The first-order chi connectivity index (χ1) is 13.8. The van der Waals surface area contributed by atoms with E-state index >= 15 is 0 Å². The van der Waals surface area contributed by atoms with Crippen molar-refractivity contribution in [1.29, 1.82) is 0 Å². The van der Waals surface area contributed by atoms with E-state index in [1.54, 1.807) is 7.11 Å². The van der Waals surface area contributed by atoms with E-state index in [0.29, 0.717) is 0 Å². The number of ether oxygens (including phenoxy) is 1. The molecule has 0 radical (unpaired) electrons. The summed E-state index contributed by atoms with van der Waals surface area (Å²) in [5.74, 6) is 0. The van der Waals surface area contributed by atoms with Crippen molar-refractivity contribution in [2.45, 2.75) is 24.5 Å². The quantitative estimate of drug-likeness (QED) is 0.430. The lowest BCUT2D eigenvalue weighted by Crippen LogP contribution is -2.37. The number of hydrogen-bond acceptors (Lipinski definition) is 2. The van der Waals surface area contributed by atoms with Gasteiger partial charge in [0, 0.05) is 13.2 Å². The molecule has 0 aliphatic rings. The van der Waals surface area contributed by atoms with E-state index in [-0.39, 0.29) is 18.4 Å². The first-order valence-electron chi connectivity index (χ1n) is 9.84. The Bertz CT molecular complexity index is 797. The Labute approximate surface area is 181 Å². The van der Waals surface area contributed by atoms with Crippen LogP contribution in [0, 0.1) is 0 Å². The molecule has 1 unspecified atom stereocenters. The lowest BCUT2D eigenvalue weighted by Gasteiger charge is -2.34. The van der Waals surface area contributed by atoms with Crippen molar-refractivity contribution < 1.29 is 4.74 Å². The summed E-state index contributed by atoms with van der Waals surface area (Å²) < 4.78 is 6.18. The zero-order valence-electron chi connectivity index (χ0n) is 17.0. The van der Waals surface area contributed by atoms with Crippen LogP contribution in [0.2, 0.25) is 0 Å². The molecule has 3 aromatic rings. The molecule has 0 aliphatic carbocycles. The number of benzene rings is 3. The maximum Gasteiger partial charge on any atom is 0.119 e. The van der Waals surface area contributed by atoms with Gasteiger partial charge in [-0.3, -0.25) is 0 Å². The fraction of sp³-hybridized carbons (Fsp3) is 0.231. The second-order valence-corrected chi connectivity index (χ2v) is 7.00. The topological polar surface area (TPSA) is 21.3 Å². The van der Waals surface area contributed by atoms with Crippen LogP contribution in [0.5, 0.6) is 0 Å². The Hall–Kier alpha value is -2.39. The van der Waals surface area contributed by atoms with Crippen LogP contribution in [0.1, 0.15) is 23.1 Å².